The van der Waals surface area contributed by atoms with Crippen LogP contribution in [0.1, 0.15) is 49.5 Å². The molecule has 0 aromatic carbocycles. The molecule has 0 aliphatic carbocycles. The number of rotatable bonds is 5. The summed E-state index contributed by atoms with van der Waals surface area (Å²) in [7, 11) is 0. The third-order valence-electron chi connectivity index (χ3n) is 5.57. The van der Waals surface area contributed by atoms with Crippen molar-refractivity contribution in [2.75, 3.05) is 13.2 Å². The molecule has 4 rings (SSSR count). The molecule has 2 aromatic heterocycles. The van der Waals surface area contributed by atoms with E-state index in [2.05, 4.69) is 19.2 Å². The van der Waals surface area contributed by atoms with E-state index in [0.717, 1.165) is 72.3 Å². The van der Waals surface area contributed by atoms with Crippen LogP contribution in [-0.2, 0) is 22.5 Å². The van der Waals surface area contributed by atoms with E-state index in [-0.39, 0.29) is 22.8 Å². The SMILES string of the molecule is CCc1c(C)sc2nc(S[C@H]3CCCCNC3=O)n(C[C@H]3CCCO3)c(=O)c12. The lowest BCUT2D eigenvalue weighted by atomic mass is 10.1. The highest BCUT2D eigenvalue weighted by Crippen LogP contribution is 2.32. The minimum Gasteiger partial charge on any atom is -0.376 e. The zero-order valence-electron chi connectivity index (χ0n) is 16.5. The average molecular weight is 422 g/mol. The molecular formula is C20H27N3O3S2. The van der Waals surface area contributed by atoms with Gasteiger partial charge in [0.05, 0.1) is 23.3 Å². The molecule has 1 N–H and O–H groups in total. The van der Waals surface area contributed by atoms with Gasteiger partial charge in [-0.25, -0.2) is 4.98 Å². The summed E-state index contributed by atoms with van der Waals surface area (Å²) in [5.41, 5.74) is 1.11. The maximum absolute atomic E-state index is 13.5. The van der Waals surface area contributed by atoms with Crippen molar-refractivity contribution >= 4 is 39.2 Å². The minimum atomic E-state index is -0.200. The van der Waals surface area contributed by atoms with Crippen LogP contribution in [0.5, 0.6) is 0 Å². The first-order valence-corrected chi connectivity index (χ1v) is 11.9. The van der Waals surface area contributed by atoms with Crippen molar-refractivity contribution in [1.82, 2.24) is 14.9 Å². The number of thioether (sulfide) groups is 1. The van der Waals surface area contributed by atoms with E-state index in [9.17, 15) is 9.59 Å². The molecule has 2 fully saturated rings. The summed E-state index contributed by atoms with van der Waals surface area (Å²) in [4.78, 5) is 32.8. The summed E-state index contributed by atoms with van der Waals surface area (Å²) in [5, 5.41) is 4.18. The van der Waals surface area contributed by atoms with Gasteiger partial charge in [0.25, 0.3) is 5.56 Å². The molecule has 1 amide bonds. The summed E-state index contributed by atoms with van der Waals surface area (Å²) >= 11 is 3.02. The second-order valence-corrected chi connectivity index (χ2v) is 9.88. The van der Waals surface area contributed by atoms with Gasteiger partial charge in [0.2, 0.25) is 5.91 Å². The van der Waals surface area contributed by atoms with E-state index < -0.39 is 0 Å². The monoisotopic (exact) mass is 421 g/mol. The maximum atomic E-state index is 13.5. The van der Waals surface area contributed by atoms with Gasteiger partial charge >= 0.3 is 0 Å². The molecule has 2 saturated heterocycles. The number of amides is 1. The lowest BCUT2D eigenvalue weighted by molar-refractivity contribution is -0.120. The molecule has 2 aliphatic heterocycles. The Labute approximate surface area is 173 Å². The van der Waals surface area contributed by atoms with Crippen molar-refractivity contribution in [3.63, 3.8) is 0 Å². The van der Waals surface area contributed by atoms with Crippen LogP contribution >= 0.6 is 23.1 Å². The van der Waals surface area contributed by atoms with Crippen LogP contribution in [0.15, 0.2) is 9.95 Å². The average Bonchev–Trinajstić information content (AvgIpc) is 3.24. The van der Waals surface area contributed by atoms with E-state index in [0.29, 0.717) is 11.7 Å². The summed E-state index contributed by atoms with van der Waals surface area (Å²) in [6, 6.07) is 0. The molecule has 2 aromatic rings. The number of carbonyl (C=O) groups is 1. The molecule has 0 unspecified atom stereocenters. The van der Waals surface area contributed by atoms with E-state index in [1.54, 1.807) is 15.9 Å². The van der Waals surface area contributed by atoms with Gasteiger partial charge in [-0.1, -0.05) is 25.1 Å². The maximum Gasteiger partial charge on any atom is 0.263 e. The van der Waals surface area contributed by atoms with Gasteiger partial charge in [-0.05, 0) is 44.6 Å². The van der Waals surface area contributed by atoms with Crippen molar-refractivity contribution in [3.8, 4) is 0 Å². The normalized spacial score (nSPS) is 23.1. The van der Waals surface area contributed by atoms with Crippen molar-refractivity contribution in [2.24, 2.45) is 0 Å². The number of thiophene rings is 1. The molecule has 28 heavy (non-hydrogen) atoms. The van der Waals surface area contributed by atoms with Gasteiger partial charge < -0.3 is 10.1 Å². The van der Waals surface area contributed by atoms with Crippen molar-refractivity contribution in [1.29, 1.82) is 0 Å². The molecule has 0 radical (unpaired) electrons. The number of hydrogen-bond acceptors (Lipinski definition) is 6. The minimum absolute atomic E-state index is 0.0123. The van der Waals surface area contributed by atoms with Crippen LogP contribution in [0.25, 0.3) is 10.2 Å². The topological polar surface area (TPSA) is 73.2 Å². The molecule has 8 heteroatoms. The quantitative estimate of drug-likeness (QED) is 0.750. The molecule has 0 bridgehead atoms. The summed E-state index contributed by atoms with van der Waals surface area (Å²) in [6.45, 7) is 6.13. The molecule has 2 atom stereocenters. The molecule has 2 aliphatic rings. The Kier molecular flexibility index (Phi) is 6.08. The van der Waals surface area contributed by atoms with Crippen LogP contribution < -0.4 is 10.9 Å². The van der Waals surface area contributed by atoms with E-state index >= 15 is 0 Å². The highest BCUT2D eigenvalue weighted by atomic mass is 32.2. The predicted octanol–water partition coefficient (Wildman–Crippen LogP) is 3.27. The molecule has 4 heterocycles. The largest absolute Gasteiger partial charge is 0.376 e. The van der Waals surface area contributed by atoms with Crippen LogP contribution in [-0.4, -0.2) is 40.0 Å². The zero-order chi connectivity index (χ0) is 19.7. The van der Waals surface area contributed by atoms with Gasteiger partial charge in [0.1, 0.15) is 4.83 Å². The van der Waals surface area contributed by atoms with E-state index in [1.165, 1.54) is 11.8 Å². The first-order chi connectivity index (χ1) is 13.6. The Morgan fingerprint density at radius 2 is 2.14 bits per heavy atom. The molecular weight excluding hydrogens is 394 g/mol. The summed E-state index contributed by atoms with van der Waals surface area (Å²) in [6.07, 6.45) is 5.68. The number of ether oxygens (including phenoxy) is 1. The summed E-state index contributed by atoms with van der Waals surface area (Å²) < 4.78 is 7.57. The number of fused-ring (bicyclic) bond motifs is 1. The first-order valence-electron chi connectivity index (χ1n) is 10.2. The van der Waals surface area contributed by atoms with Gasteiger partial charge in [-0.15, -0.1) is 11.3 Å². The van der Waals surface area contributed by atoms with Crippen LogP contribution in [0.3, 0.4) is 0 Å². The van der Waals surface area contributed by atoms with Crippen molar-refractivity contribution in [2.45, 2.75) is 75.4 Å². The van der Waals surface area contributed by atoms with Gasteiger partial charge in [0, 0.05) is 18.0 Å². The molecule has 152 valence electrons. The van der Waals surface area contributed by atoms with Gasteiger partial charge in [0.15, 0.2) is 5.16 Å². The fraction of sp³-hybridized carbons (Fsp3) is 0.650. The van der Waals surface area contributed by atoms with E-state index in [4.69, 9.17) is 9.72 Å². The van der Waals surface area contributed by atoms with E-state index in [1.807, 2.05) is 0 Å². The highest BCUT2D eigenvalue weighted by Gasteiger charge is 2.27. The smallest absolute Gasteiger partial charge is 0.263 e. The number of nitrogens with one attached hydrogen (secondary N) is 1. The Balaban J connectivity index is 1.78. The van der Waals surface area contributed by atoms with Crippen molar-refractivity contribution in [3.05, 3.63) is 20.8 Å². The predicted molar refractivity (Wildman–Crippen MR) is 113 cm³/mol. The Morgan fingerprint density at radius 3 is 2.89 bits per heavy atom. The molecule has 6 nitrogen and oxygen atoms in total. The number of hydrogen-bond donors (Lipinski definition) is 1. The van der Waals surface area contributed by atoms with Crippen LogP contribution in [0, 0.1) is 6.92 Å². The van der Waals surface area contributed by atoms with Crippen LogP contribution in [0.2, 0.25) is 0 Å². The number of aromatic nitrogens is 2. The number of carbonyl (C=O) groups excluding carboxylic acids is 1. The third kappa shape index (κ3) is 3.86. The number of nitrogens with zero attached hydrogens (tertiary/aromatic N) is 2. The fourth-order valence-corrected chi connectivity index (χ4v) is 6.37. The lowest BCUT2D eigenvalue weighted by Crippen LogP contribution is -2.33. The summed E-state index contributed by atoms with van der Waals surface area (Å²) in [5.74, 6) is 0.0529. The molecule has 0 saturated carbocycles. The second kappa shape index (κ2) is 8.55. The zero-order valence-corrected chi connectivity index (χ0v) is 18.1. The standard InChI is InChI=1S/C20H27N3O3S2/c1-3-14-12(2)27-18-16(14)19(25)23(11-13-7-6-10-26-13)20(22-18)28-15-8-4-5-9-21-17(15)24/h13,15H,3-11H2,1-2H3,(H,21,24)/t13-,15+/m1/s1. The number of aryl methyl sites for hydroxylation is 2. The Morgan fingerprint density at radius 1 is 1.29 bits per heavy atom. The third-order valence-corrected chi connectivity index (χ3v) is 7.87. The highest BCUT2D eigenvalue weighted by molar-refractivity contribution is 8.00. The first kappa shape index (κ1) is 19.9. The Hall–Kier alpha value is -1.38. The van der Waals surface area contributed by atoms with Crippen LogP contribution in [0.4, 0.5) is 0 Å². The Bertz CT molecular complexity index is 931. The van der Waals surface area contributed by atoms with Gasteiger partial charge in [-0.3, -0.25) is 14.2 Å². The van der Waals surface area contributed by atoms with Gasteiger partial charge in [-0.2, -0.15) is 0 Å². The second-order valence-electron chi connectivity index (χ2n) is 7.51. The fourth-order valence-electron chi connectivity index (χ4n) is 4.05. The lowest BCUT2D eigenvalue weighted by Gasteiger charge is -2.18. The molecule has 0 spiro atoms. The van der Waals surface area contributed by atoms with Crippen molar-refractivity contribution < 1.29 is 9.53 Å².